The van der Waals surface area contributed by atoms with Gasteiger partial charge in [0.1, 0.15) is 12.3 Å². The van der Waals surface area contributed by atoms with E-state index in [9.17, 15) is 13.2 Å². The third-order valence-electron chi connectivity index (χ3n) is 5.79. The van der Waals surface area contributed by atoms with Gasteiger partial charge in [-0.05, 0) is 71.7 Å². The number of amides is 1. The van der Waals surface area contributed by atoms with Gasteiger partial charge in [0.25, 0.3) is 0 Å². The Morgan fingerprint density at radius 2 is 1.64 bits per heavy atom. The Morgan fingerprint density at radius 1 is 1.06 bits per heavy atom. The zero-order chi connectivity index (χ0) is 25.1. The van der Waals surface area contributed by atoms with Gasteiger partial charge in [0.05, 0.1) is 25.1 Å². The number of benzene rings is 2. The highest BCUT2D eigenvalue weighted by Gasteiger charge is 2.24. The van der Waals surface area contributed by atoms with Crippen LogP contribution in [0.15, 0.2) is 36.4 Å². The normalized spacial score (nSPS) is 13.0. The second-order valence-corrected chi connectivity index (χ2v) is 11.9. The standard InChI is InChI=1S/C26H38N2O4S/c1-17(2)22-15-23(18(3)14-24(22)32-8)19(4)27-25(29)16-28(33(9,30)31)21-12-10-20(11-13-21)26(5,6)7/h10-15,17,19H,16H2,1-9H3,(H,27,29). The van der Waals surface area contributed by atoms with Crippen molar-refractivity contribution in [3.63, 3.8) is 0 Å². The van der Waals surface area contributed by atoms with Crippen molar-refractivity contribution in [1.29, 1.82) is 0 Å². The summed E-state index contributed by atoms with van der Waals surface area (Å²) in [4.78, 5) is 12.9. The maximum atomic E-state index is 12.9. The van der Waals surface area contributed by atoms with Crippen LogP contribution in [-0.2, 0) is 20.2 Å². The van der Waals surface area contributed by atoms with Crippen molar-refractivity contribution in [3.8, 4) is 5.75 Å². The highest BCUT2D eigenvalue weighted by molar-refractivity contribution is 7.92. The number of methoxy groups -OCH3 is 1. The molecule has 1 atom stereocenters. The van der Waals surface area contributed by atoms with Crippen LogP contribution in [0.4, 0.5) is 5.69 Å². The zero-order valence-electron chi connectivity index (χ0n) is 21.3. The molecule has 6 nitrogen and oxygen atoms in total. The lowest BCUT2D eigenvalue weighted by Crippen LogP contribution is -2.41. The van der Waals surface area contributed by atoms with E-state index in [-0.39, 0.29) is 29.8 Å². The number of nitrogens with one attached hydrogen (secondary N) is 1. The van der Waals surface area contributed by atoms with E-state index in [1.165, 1.54) is 0 Å². The summed E-state index contributed by atoms with van der Waals surface area (Å²) in [5, 5.41) is 2.96. The van der Waals surface area contributed by atoms with Crippen molar-refractivity contribution >= 4 is 21.6 Å². The molecule has 0 radical (unpaired) electrons. The highest BCUT2D eigenvalue weighted by Crippen LogP contribution is 2.32. The van der Waals surface area contributed by atoms with Crippen LogP contribution in [0.3, 0.4) is 0 Å². The minimum absolute atomic E-state index is 0.0493. The molecule has 0 aliphatic heterocycles. The van der Waals surface area contributed by atoms with E-state index in [1.807, 2.05) is 32.0 Å². The molecule has 182 valence electrons. The van der Waals surface area contributed by atoms with Gasteiger partial charge in [0.2, 0.25) is 15.9 Å². The van der Waals surface area contributed by atoms with Gasteiger partial charge in [-0.1, -0.05) is 46.8 Å². The number of ether oxygens (including phenoxy) is 1. The van der Waals surface area contributed by atoms with Crippen LogP contribution in [-0.4, -0.2) is 34.2 Å². The lowest BCUT2D eigenvalue weighted by Gasteiger charge is -2.25. The molecule has 0 saturated heterocycles. The summed E-state index contributed by atoms with van der Waals surface area (Å²) in [6, 6.07) is 11.1. The molecule has 0 aromatic heterocycles. The first kappa shape index (κ1) is 26.7. The number of carbonyl (C=O) groups is 1. The predicted octanol–water partition coefficient (Wildman–Crippen LogP) is 5.07. The largest absolute Gasteiger partial charge is 0.496 e. The van der Waals surface area contributed by atoms with Gasteiger partial charge in [-0.2, -0.15) is 0 Å². The van der Waals surface area contributed by atoms with Gasteiger partial charge in [-0.25, -0.2) is 8.42 Å². The van der Waals surface area contributed by atoms with Crippen molar-refractivity contribution in [2.75, 3.05) is 24.2 Å². The van der Waals surface area contributed by atoms with Crippen LogP contribution >= 0.6 is 0 Å². The van der Waals surface area contributed by atoms with E-state index < -0.39 is 10.0 Å². The molecule has 0 heterocycles. The van der Waals surface area contributed by atoms with Crippen LogP contribution in [0.25, 0.3) is 0 Å². The number of hydrogen-bond donors (Lipinski definition) is 1. The number of nitrogens with zero attached hydrogens (tertiary/aromatic N) is 1. The lowest BCUT2D eigenvalue weighted by atomic mass is 9.87. The number of rotatable bonds is 8. The Balaban J connectivity index is 2.25. The quantitative estimate of drug-likeness (QED) is 0.580. The average Bonchev–Trinajstić information content (AvgIpc) is 2.70. The first-order valence-electron chi connectivity index (χ1n) is 11.2. The summed E-state index contributed by atoms with van der Waals surface area (Å²) in [6.45, 7) is 14.1. The van der Waals surface area contributed by atoms with Crippen LogP contribution in [0.5, 0.6) is 5.75 Å². The molecule has 0 saturated carbocycles. The van der Waals surface area contributed by atoms with Crippen LogP contribution < -0.4 is 14.4 Å². The molecular formula is C26H38N2O4S. The number of carbonyl (C=O) groups excluding carboxylic acids is 1. The molecule has 2 rings (SSSR count). The number of sulfonamides is 1. The summed E-state index contributed by atoms with van der Waals surface area (Å²) in [6.07, 6.45) is 1.11. The third-order valence-corrected chi connectivity index (χ3v) is 6.93. The van der Waals surface area contributed by atoms with Gasteiger partial charge in [-0.15, -0.1) is 0 Å². The van der Waals surface area contributed by atoms with Crippen molar-refractivity contribution < 1.29 is 17.9 Å². The molecule has 2 aromatic carbocycles. The highest BCUT2D eigenvalue weighted by atomic mass is 32.2. The van der Waals surface area contributed by atoms with Gasteiger partial charge >= 0.3 is 0 Å². The molecule has 1 N–H and O–H groups in total. The van der Waals surface area contributed by atoms with Crippen molar-refractivity contribution in [1.82, 2.24) is 5.32 Å². The van der Waals surface area contributed by atoms with E-state index in [2.05, 4.69) is 46.0 Å². The molecule has 0 fully saturated rings. The molecule has 33 heavy (non-hydrogen) atoms. The number of aryl methyl sites for hydroxylation is 1. The molecule has 7 heteroatoms. The predicted molar refractivity (Wildman–Crippen MR) is 136 cm³/mol. The molecule has 2 aromatic rings. The number of hydrogen-bond acceptors (Lipinski definition) is 4. The Kier molecular flexibility index (Phi) is 8.22. The first-order valence-corrected chi connectivity index (χ1v) is 13.1. The van der Waals surface area contributed by atoms with Crippen molar-refractivity contribution in [2.45, 2.75) is 65.8 Å². The van der Waals surface area contributed by atoms with Gasteiger partial charge in [0.15, 0.2) is 0 Å². The molecule has 1 unspecified atom stereocenters. The van der Waals surface area contributed by atoms with Crippen LogP contribution in [0.2, 0.25) is 0 Å². The van der Waals surface area contributed by atoms with Gasteiger partial charge < -0.3 is 10.1 Å². The Morgan fingerprint density at radius 3 is 2.09 bits per heavy atom. The fourth-order valence-electron chi connectivity index (χ4n) is 3.83. The minimum Gasteiger partial charge on any atom is -0.496 e. The van der Waals surface area contributed by atoms with Crippen LogP contribution in [0.1, 0.15) is 75.8 Å². The Hall–Kier alpha value is -2.54. The van der Waals surface area contributed by atoms with Crippen molar-refractivity contribution in [2.24, 2.45) is 0 Å². The molecular weight excluding hydrogens is 436 g/mol. The second kappa shape index (κ2) is 10.2. The molecule has 0 aliphatic rings. The van der Waals surface area contributed by atoms with Crippen molar-refractivity contribution in [3.05, 3.63) is 58.7 Å². The summed E-state index contributed by atoms with van der Waals surface area (Å²) in [7, 11) is -1.99. The van der Waals surface area contributed by atoms with E-state index >= 15 is 0 Å². The second-order valence-electron chi connectivity index (χ2n) is 9.96. The summed E-state index contributed by atoms with van der Waals surface area (Å²) >= 11 is 0. The Bertz CT molecular complexity index is 1080. The van der Waals surface area contributed by atoms with Crippen LogP contribution in [0, 0.1) is 6.92 Å². The van der Waals surface area contributed by atoms with E-state index in [0.29, 0.717) is 5.69 Å². The van der Waals surface area contributed by atoms with E-state index in [1.54, 1.807) is 19.2 Å². The average molecular weight is 475 g/mol. The number of anilines is 1. The first-order chi connectivity index (χ1) is 15.1. The smallest absolute Gasteiger partial charge is 0.241 e. The molecule has 1 amide bonds. The lowest BCUT2D eigenvalue weighted by molar-refractivity contribution is -0.120. The van der Waals surface area contributed by atoms with E-state index in [0.717, 1.165) is 38.6 Å². The van der Waals surface area contributed by atoms with E-state index in [4.69, 9.17) is 4.74 Å². The topological polar surface area (TPSA) is 75.7 Å². The Labute approximate surface area is 199 Å². The van der Waals surface area contributed by atoms with Gasteiger partial charge in [0, 0.05) is 0 Å². The molecule has 0 spiro atoms. The fraction of sp³-hybridized carbons (Fsp3) is 0.500. The zero-order valence-corrected chi connectivity index (χ0v) is 22.1. The summed E-state index contributed by atoms with van der Waals surface area (Å²) in [5.41, 5.74) is 4.56. The summed E-state index contributed by atoms with van der Waals surface area (Å²) < 4.78 is 31.6. The third kappa shape index (κ3) is 6.73. The maximum Gasteiger partial charge on any atom is 0.241 e. The summed E-state index contributed by atoms with van der Waals surface area (Å²) in [5.74, 6) is 0.722. The minimum atomic E-state index is -3.64. The van der Waals surface area contributed by atoms with Gasteiger partial charge in [-0.3, -0.25) is 9.10 Å². The monoisotopic (exact) mass is 474 g/mol. The molecule has 0 aliphatic carbocycles. The molecule has 0 bridgehead atoms. The fourth-order valence-corrected chi connectivity index (χ4v) is 4.69. The maximum absolute atomic E-state index is 12.9. The SMILES string of the molecule is COc1cc(C)c(C(C)NC(=O)CN(c2ccc(C(C)(C)C)cc2)S(C)(=O)=O)cc1C(C)C.